The Bertz CT molecular complexity index is 440. The minimum atomic E-state index is -3.69. The number of aliphatic carboxylic acids is 1. The molecule has 0 unspecified atom stereocenters. The Morgan fingerprint density at radius 2 is 1.94 bits per heavy atom. The SMILES string of the molecule is CC1(C)[C@H](C(=O)O)N(C(=O)CCO)CS1(=O)=O. The summed E-state index contributed by atoms with van der Waals surface area (Å²) in [7, 11) is -3.69. The molecule has 1 heterocycles. The highest BCUT2D eigenvalue weighted by Crippen LogP contribution is 2.34. The maximum absolute atomic E-state index is 11.8. The van der Waals surface area contributed by atoms with E-state index in [1.807, 2.05) is 0 Å². The number of carboxylic acid groups (broad SMARTS) is 1. The second kappa shape index (κ2) is 4.26. The lowest BCUT2D eigenvalue weighted by Crippen LogP contribution is -2.50. The topological polar surface area (TPSA) is 112 Å². The standard InChI is InChI=1S/C9H15NO6S/c1-9(2)7(8(13)14)10(5-17(9,15)16)6(12)3-4-11/h7,11H,3-5H2,1-2H3,(H,13,14)/t7-/m0/s1. The van der Waals surface area contributed by atoms with Crippen molar-refractivity contribution in [3.05, 3.63) is 0 Å². The van der Waals surface area contributed by atoms with Gasteiger partial charge in [0.1, 0.15) is 11.9 Å². The minimum absolute atomic E-state index is 0.282. The molecule has 0 aliphatic carbocycles. The van der Waals surface area contributed by atoms with Gasteiger partial charge in [0.05, 0.1) is 11.4 Å². The van der Waals surface area contributed by atoms with Crippen LogP contribution in [0.15, 0.2) is 0 Å². The molecule has 7 nitrogen and oxygen atoms in total. The molecule has 1 aliphatic rings. The molecular weight excluding hydrogens is 250 g/mol. The molecule has 8 heteroatoms. The van der Waals surface area contributed by atoms with Gasteiger partial charge in [0.25, 0.3) is 0 Å². The quantitative estimate of drug-likeness (QED) is 0.664. The highest BCUT2D eigenvalue weighted by atomic mass is 32.2. The number of carbonyl (C=O) groups is 2. The van der Waals surface area contributed by atoms with Gasteiger partial charge < -0.3 is 15.1 Å². The molecule has 1 amide bonds. The first-order valence-corrected chi connectivity index (χ1v) is 6.66. The molecule has 0 spiro atoms. The number of rotatable bonds is 3. The van der Waals surface area contributed by atoms with E-state index < -0.39 is 45.0 Å². The van der Waals surface area contributed by atoms with Crippen LogP contribution in [-0.2, 0) is 19.4 Å². The van der Waals surface area contributed by atoms with Crippen LogP contribution in [0.4, 0.5) is 0 Å². The number of aliphatic hydroxyl groups excluding tert-OH is 1. The first-order valence-electron chi connectivity index (χ1n) is 5.00. The first kappa shape index (κ1) is 13.9. The Balaban J connectivity index is 3.17. The fraction of sp³-hybridized carbons (Fsp3) is 0.778. The zero-order valence-electron chi connectivity index (χ0n) is 9.58. The number of hydrogen-bond donors (Lipinski definition) is 2. The Kier molecular flexibility index (Phi) is 3.49. The number of carbonyl (C=O) groups excluding carboxylic acids is 1. The molecule has 17 heavy (non-hydrogen) atoms. The summed E-state index contributed by atoms with van der Waals surface area (Å²) in [5.41, 5.74) is 0. The van der Waals surface area contributed by atoms with Crippen molar-refractivity contribution in [1.82, 2.24) is 4.90 Å². The average Bonchev–Trinajstić information content (AvgIpc) is 2.33. The number of amides is 1. The maximum atomic E-state index is 11.8. The first-order chi connectivity index (χ1) is 7.65. The third-order valence-corrected chi connectivity index (χ3v) is 5.41. The van der Waals surface area contributed by atoms with Crippen LogP contribution in [0.1, 0.15) is 20.3 Å². The lowest BCUT2D eigenvalue weighted by atomic mass is 10.0. The summed E-state index contributed by atoms with van der Waals surface area (Å²) in [5, 5.41) is 17.7. The fourth-order valence-corrected chi connectivity index (χ4v) is 3.42. The molecule has 1 saturated heterocycles. The molecule has 1 aliphatic heterocycles. The highest BCUT2D eigenvalue weighted by molar-refractivity contribution is 7.93. The molecule has 0 aromatic heterocycles. The minimum Gasteiger partial charge on any atom is -0.480 e. The molecule has 0 radical (unpaired) electrons. The average molecular weight is 265 g/mol. The molecule has 1 rings (SSSR count). The molecule has 1 fully saturated rings. The second-order valence-electron chi connectivity index (χ2n) is 4.43. The third kappa shape index (κ3) is 2.14. The van der Waals surface area contributed by atoms with Crippen LogP contribution in [0, 0.1) is 0 Å². The van der Waals surface area contributed by atoms with E-state index >= 15 is 0 Å². The summed E-state index contributed by atoms with van der Waals surface area (Å²) < 4.78 is 22.1. The van der Waals surface area contributed by atoms with Gasteiger partial charge in [-0.2, -0.15) is 0 Å². The van der Waals surface area contributed by atoms with Gasteiger partial charge in [0.15, 0.2) is 9.84 Å². The van der Waals surface area contributed by atoms with Crippen LogP contribution in [0.3, 0.4) is 0 Å². The van der Waals surface area contributed by atoms with E-state index in [-0.39, 0.29) is 6.42 Å². The van der Waals surface area contributed by atoms with E-state index in [1.54, 1.807) is 0 Å². The monoisotopic (exact) mass is 265 g/mol. The molecule has 1 atom stereocenters. The predicted molar refractivity (Wildman–Crippen MR) is 57.8 cm³/mol. The number of nitrogens with zero attached hydrogens (tertiary/aromatic N) is 1. The molecule has 0 aromatic rings. The third-order valence-electron chi connectivity index (χ3n) is 2.96. The Morgan fingerprint density at radius 3 is 2.35 bits per heavy atom. The van der Waals surface area contributed by atoms with E-state index in [0.29, 0.717) is 0 Å². The van der Waals surface area contributed by atoms with Crippen molar-refractivity contribution in [3.8, 4) is 0 Å². The second-order valence-corrected chi connectivity index (χ2v) is 6.97. The fourth-order valence-electron chi connectivity index (χ4n) is 1.86. The zero-order valence-corrected chi connectivity index (χ0v) is 10.4. The summed E-state index contributed by atoms with van der Waals surface area (Å²) in [5.74, 6) is -2.65. The highest BCUT2D eigenvalue weighted by Gasteiger charge is 2.57. The van der Waals surface area contributed by atoms with Crippen molar-refractivity contribution in [2.45, 2.75) is 31.1 Å². The Hall–Kier alpha value is -1.15. The van der Waals surface area contributed by atoms with Crippen molar-refractivity contribution >= 4 is 21.7 Å². The molecule has 98 valence electrons. The van der Waals surface area contributed by atoms with E-state index in [9.17, 15) is 18.0 Å². The Morgan fingerprint density at radius 1 is 1.41 bits per heavy atom. The van der Waals surface area contributed by atoms with Crippen molar-refractivity contribution in [3.63, 3.8) is 0 Å². The van der Waals surface area contributed by atoms with Crippen LogP contribution in [0.2, 0.25) is 0 Å². The molecule has 0 aromatic carbocycles. The summed E-state index contributed by atoms with van der Waals surface area (Å²) in [6.45, 7) is 2.13. The summed E-state index contributed by atoms with van der Waals surface area (Å²) in [6.07, 6.45) is -0.282. The van der Waals surface area contributed by atoms with Crippen LogP contribution in [-0.4, -0.2) is 58.7 Å². The summed E-state index contributed by atoms with van der Waals surface area (Å²) >= 11 is 0. The lowest BCUT2D eigenvalue weighted by molar-refractivity contribution is -0.149. The van der Waals surface area contributed by atoms with Gasteiger partial charge in [-0.3, -0.25) is 4.79 Å². The number of sulfone groups is 1. The van der Waals surface area contributed by atoms with E-state index in [4.69, 9.17) is 10.2 Å². The zero-order chi connectivity index (χ0) is 13.4. The Labute approximate surface area is 98.9 Å². The predicted octanol–water partition coefficient (Wildman–Crippen LogP) is -1.18. The van der Waals surface area contributed by atoms with Crippen molar-refractivity contribution in [2.24, 2.45) is 0 Å². The van der Waals surface area contributed by atoms with Gasteiger partial charge in [0, 0.05) is 6.42 Å². The van der Waals surface area contributed by atoms with Gasteiger partial charge in [-0.05, 0) is 13.8 Å². The molecular formula is C9H15NO6S. The molecule has 2 N–H and O–H groups in total. The van der Waals surface area contributed by atoms with Crippen LogP contribution < -0.4 is 0 Å². The molecule has 0 bridgehead atoms. The van der Waals surface area contributed by atoms with Crippen LogP contribution in [0.5, 0.6) is 0 Å². The van der Waals surface area contributed by atoms with Gasteiger partial charge in [0.2, 0.25) is 5.91 Å². The summed E-state index contributed by atoms with van der Waals surface area (Å²) in [4.78, 5) is 23.5. The smallest absolute Gasteiger partial charge is 0.328 e. The lowest BCUT2D eigenvalue weighted by Gasteiger charge is -2.26. The maximum Gasteiger partial charge on any atom is 0.328 e. The normalized spacial score (nSPS) is 25.8. The van der Waals surface area contributed by atoms with Gasteiger partial charge in [-0.15, -0.1) is 0 Å². The van der Waals surface area contributed by atoms with Gasteiger partial charge >= 0.3 is 5.97 Å². The number of aliphatic hydroxyl groups is 1. The summed E-state index contributed by atoms with van der Waals surface area (Å²) in [6, 6.07) is -1.41. The van der Waals surface area contributed by atoms with Crippen molar-refractivity contribution in [1.29, 1.82) is 0 Å². The van der Waals surface area contributed by atoms with E-state index in [1.165, 1.54) is 13.8 Å². The van der Waals surface area contributed by atoms with Crippen molar-refractivity contribution < 1.29 is 28.2 Å². The van der Waals surface area contributed by atoms with E-state index in [0.717, 1.165) is 4.90 Å². The van der Waals surface area contributed by atoms with Crippen molar-refractivity contribution in [2.75, 3.05) is 12.5 Å². The van der Waals surface area contributed by atoms with Crippen LogP contribution >= 0.6 is 0 Å². The van der Waals surface area contributed by atoms with Gasteiger partial charge in [-0.25, -0.2) is 13.2 Å². The number of carboxylic acids is 1. The van der Waals surface area contributed by atoms with E-state index in [2.05, 4.69) is 0 Å². The largest absolute Gasteiger partial charge is 0.480 e. The number of hydrogen-bond acceptors (Lipinski definition) is 5. The van der Waals surface area contributed by atoms with Crippen LogP contribution in [0.25, 0.3) is 0 Å². The van der Waals surface area contributed by atoms with Gasteiger partial charge in [-0.1, -0.05) is 0 Å². The molecule has 0 saturated carbocycles.